The molecule has 0 aliphatic heterocycles. The Morgan fingerprint density at radius 1 is 0.952 bits per heavy atom. The van der Waals surface area contributed by atoms with Crippen molar-refractivity contribution >= 4 is 33.8 Å². The number of nitrogen functional groups attached to an aromatic ring is 1. The van der Waals surface area contributed by atoms with Crippen LogP contribution in [0.1, 0.15) is 21.5 Å². The minimum absolute atomic E-state index is 0.0135. The zero-order valence-electron chi connectivity index (χ0n) is 11.6. The van der Waals surface area contributed by atoms with Gasteiger partial charge in [0.25, 0.3) is 0 Å². The highest BCUT2D eigenvalue weighted by molar-refractivity contribution is 6.36. The highest BCUT2D eigenvalue weighted by Crippen LogP contribution is 2.28. The largest absolute Gasteiger partial charge is 0.399 e. The highest BCUT2D eigenvalue weighted by atomic mass is 35.5. The van der Waals surface area contributed by atoms with Gasteiger partial charge in [0.1, 0.15) is 0 Å². The molecule has 0 aliphatic rings. The number of halogens is 1. The highest BCUT2D eigenvalue weighted by Gasteiger charge is 2.15. The van der Waals surface area contributed by atoms with E-state index in [2.05, 4.69) is 0 Å². The molecule has 0 fully saturated rings. The number of anilines is 1. The summed E-state index contributed by atoms with van der Waals surface area (Å²) in [6.07, 6.45) is 0. The molecule has 104 valence electrons. The maximum absolute atomic E-state index is 12.8. The van der Waals surface area contributed by atoms with E-state index in [0.29, 0.717) is 21.8 Å². The summed E-state index contributed by atoms with van der Waals surface area (Å²) in [5.74, 6) is -0.0135. The van der Waals surface area contributed by atoms with E-state index in [0.717, 1.165) is 16.3 Å². The van der Waals surface area contributed by atoms with Crippen LogP contribution in [0.5, 0.6) is 0 Å². The van der Waals surface area contributed by atoms with Gasteiger partial charge >= 0.3 is 0 Å². The number of rotatable bonds is 2. The Kier molecular flexibility index (Phi) is 3.40. The molecule has 0 bridgehead atoms. The molecule has 21 heavy (non-hydrogen) atoms. The molecule has 0 unspecified atom stereocenters. The van der Waals surface area contributed by atoms with Crippen LogP contribution in [0.15, 0.2) is 54.6 Å². The Morgan fingerprint density at radius 2 is 1.62 bits per heavy atom. The summed E-state index contributed by atoms with van der Waals surface area (Å²) >= 11 is 6.20. The van der Waals surface area contributed by atoms with Gasteiger partial charge in [-0.3, -0.25) is 4.79 Å². The third-order valence-electron chi connectivity index (χ3n) is 3.61. The van der Waals surface area contributed by atoms with Gasteiger partial charge in [0.2, 0.25) is 0 Å². The third kappa shape index (κ3) is 2.39. The number of nitrogens with two attached hydrogens (primary N) is 1. The minimum atomic E-state index is -0.0135. The smallest absolute Gasteiger partial charge is 0.193 e. The van der Waals surface area contributed by atoms with E-state index in [1.807, 2.05) is 37.3 Å². The first kappa shape index (κ1) is 13.7. The Bertz CT molecular complexity index is 855. The molecule has 0 heterocycles. The van der Waals surface area contributed by atoms with Gasteiger partial charge in [-0.2, -0.15) is 0 Å². The lowest BCUT2D eigenvalue weighted by molar-refractivity contribution is 0.104. The molecule has 0 saturated carbocycles. The van der Waals surface area contributed by atoms with Crippen molar-refractivity contribution in [1.29, 1.82) is 0 Å². The molecule has 0 aromatic heterocycles. The molecule has 0 aliphatic carbocycles. The Hall–Kier alpha value is -2.32. The second kappa shape index (κ2) is 5.23. The van der Waals surface area contributed by atoms with Gasteiger partial charge < -0.3 is 5.73 Å². The van der Waals surface area contributed by atoms with Crippen LogP contribution in [0.2, 0.25) is 5.02 Å². The topological polar surface area (TPSA) is 43.1 Å². The van der Waals surface area contributed by atoms with Crippen molar-refractivity contribution in [3.05, 3.63) is 76.3 Å². The van der Waals surface area contributed by atoms with Crippen LogP contribution in [0.25, 0.3) is 10.8 Å². The van der Waals surface area contributed by atoms with Gasteiger partial charge in [0.05, 0.1) is 0 Å². The summed E-state index contributed by atoms with van der Waals surface area (Å²) in [5.41, 5.74) is 8.60. The molecule has 3 aromatic rings. The maximum atomic E-state index is 12.8. The van der Waals surface area contributed by atoms with Gasteiger partial charge in [-0.25, -0.2) is 0 Å². The summed E-state index contributed by atoms with van der Waals surface area (Å²) < 4.78 is 0. The van der Waals surface area contributed by atoms with Crippen molar-refractivity contribution in [2.24, 2.45) is 0 Å². The monoisotopic (exact) mass is 295 g/mol. The van der Waals surface area contributed by atoms with Crippen LogP contribution in [-0.4, -0.2) is 5.78 Å². The van der Waals surface area contributed by atoms with Crippen molar-refractivity contribution in [3.63, 3.8) is 0 Å². The molecule has 0 spiro atoms. The molecule has 0 saturated heterocycles. The second-order valence-corrected chi connectivity index (χ2v) is 5.45. The van der Waals surface area contributed by atoms with E-state index in [9.17, 15) is 4.79 Å². The van der Waals surface area contributed by atoms with Gasteiger partial charge in [-0.15, -0.1) is 0 Å². The Labute approximate surface area is 128 Å². The standard InChI is InChI=1S/C18H14ClNO/c1-11-10-12(20)6-7-13(11)18(21)16-8-9-17(19)15-5-3-2-4-14(15)16/h2-10H,20H2,1H3. The first-order chi connectivity index (χ1) is 10.1. The Balaban J connectivity index is 2.21. The van der Waals surface area contributed by atoms with E-state index in [4.69, 9.17) is 17.3 Å². The summed E-state index contributed by atoms with van der Waals surface area (Å²) in [4.78, 5) is 12.8. The molecule has 3 aromatic carbocycles. The first-order valence-corrected chi connectivity index (χ1v) is 7.04. The number of ketones is 1. The number of fused-ring (bicyclic) bond motifs is 1. The van der Waals surface area contributed by atoms with Gasteiger partial charge in [0, 0.05) is 27.2 Å². The minimum Gasteiger partial charge on any atom is -0.399 e. The van der Waals surface area contributed by atoms with Gasteiger partial charge in [-0.05, 0) is 48.2 Å². The molecular weight excluding hydrogens is 282 g/mol. The van der Waals surface area contributed by atoms with Crippen LogP contribution in [0.3, 0.4) is 0 Å². The number of carbonyl (C=O) groups excluding carboxylic acids is 1. The lowest BCUT2D eigenvalue weighted by atomic mass is 9.94. The normalized spacial score (nSPS) is 10.8. The van der Waals surface area contributed by atoms with E-state index >= 15 is 0 Å². The van der Waals surface area contributed by atoms with Crippen LogP contribution in [0, 0.1) is 6.92 Å². The lowest BCUT2D eigenvalue weighted by Gasteiger charge is -2.10. The number of hydrogen-bond donors (Lipinski definition) is 1. The summed E-state index contributed by atoms with van der Waals surface area (Å²) in [6.45, 7) is 1.89. The van der Waals surface area contributed by atoms with Crippen molar-refractivity contribution in [1.82, 2.24) is 0 Å². The van der Waals surface area contributed by atoms with Crippen molar-refractivity contribution < 1.29 is 4.79 Å². The predicted molar refractivity (Wildman–Crippen MR) is 88.0 cm³/mol. The second-order valence-electron chi connectivity index (χ2n) is 5.04. The molecule has 3 rings (SSSR count). The zero-order valence-corrected chi connectivity index (χ0v) is 12.3. The van der Waals surface area contributed by atoms with Crippen molar-refractivity contribution in [3.8, 4) is 0 Å². The Morgan fingerprint density at radius 3 is 2.33 bits per heavy atom. The van der Waals surface area contributed by atoms with E-state index in [-0.39, 0.29) is 5.78 Å². The fourth-order valence-corrected chi connectivity index (χ4v) is 2.77. The number of hydrogen-bond acceptors (Lipinski definition) is 2. The van der Waals surface area contributed by atoms with Gasteiger partial charge in [0.15, 0.2) is 5.78 Å². The molecule has 3 heteroatoms. The lowest BCUT2D eigenvalue weighted by Crippen LogP contribution is -2.05. The molecule has 2 N–H and O–H groups in total. The van der Waals surface area contributed by atoms with Crippen LogP contribution < -0.4 is 5.73 Å². The maximum Gasteiger partial charge on any atom is 0.193 e. The fourth-order valence-electron chi connectivity index (χ4n) is 2.55. The number of aryl methyl sites for hydroxylation is 1. The van der Waals surface area contributed by atoms with Crippen LogP contribution in [-0.2, 0) is 0 Å². The fraction of sp³-hybridized carbons (Fsp3) is 0.0556. The van der Waals surface area contributed by atoms with Gasteiger partial charge in [-0.1, -0.05) is 35.9 Å². The molecular formula is C18H14ClNO. The van der Waals surface area contributed by atoms with Crippen molar-refractivity contribution in [2.75, 3.05) is 5.73 Å². The number of benzene rings is 3. The van der Waals surface area contributed by atoms with E-state index < -0.39 is 0 Å². The van der Waals surface area contributed by atoms with Crippen LogP contribution in [0.4, 0.5) is 5.69 Å². The average molecular weight is 296 g/mol. The van der Waals surface area contributed by atoms with E-state index in [1.54, 1.807) is 24.3 Å². The summed E-state index contributed by atoms with van der Waals surface area (Å²) in [7, 11) is 0. The molecule has 0 amide bonds. The zero-order chi connectivity index (χ0) is 15.0. The summed E-state index contributed by atoms with van der Waals surface area (Å²) in [5, 5.41) is 2.40. The molecule has 2 nitrogen and oxygen atoms in total. The average Bonchev–Trinajstić information content (AvgIpc) is 2.47. The number of carbonyl (C=O) groups is 1. The predicted octanol–water partition coefficient (Wildman–Crippen LogP) is 4.61. The first-order valence-electron chi connectivity index (χ1n) is 6.66. The molecule has 0 radical (unpaired) electrons. The van der Waals surface area contributed by atoms with Crippen molar-refractivity contribution in [2.45, 2.75) is 6.92 Å². The SMILES string of the molecule is Cc1cc(N)ccc1C(=O)c1ccc(Cl)c2ccccc12. The molecule has 0 atom stereocenters. The van der Waals surface area contributed by atoms with Crippen LogP contribution >= 0.6 is 11.6 Å². The third-order valence-corrected chi connectivity index (χ3v) is 3.94. The quantitative estimate of drug-likeness (QED) is 0.554. The summed E-state index contributed by atoms with van der Waals surface area (Å²) in [6, 6.07) is 16.5. The van der Waals surface area contributed by atoms with E-state index in [1.165, 1.54) is 0 Å².